The molecule has 1 aromatic rings. The Labute approximate surface area is 172 Å². The quantitative estimate of drug-likeness (QED) is 0.399. The van der Waals surface area contributed by atoms with Gasteiger partial charge >= 0.3 is 0 Å². The molecule has 0 spiro atoms. The fourth-order valence-corrected chi connectivity index (χ4v) is 3.43. The summed E-state index contributed by atoms with van der Waals surface area (Å²) in [7, 11) is 0. The number of nitrogens with zero attached hydrogens (tertiary/aromatic N) is 2. The van der Waals surface area contributed by atoms with Crippen molar-refractivity contribution in [1.29, 1.82) is 0 Å². The lowest BCUT2D eigenvalue weighted by Gasteiger charge is -2.28. The molecule has 0 saturated carbocycles. The van der Waals surface area contributed by atoms with Gasteiger partial charge in [-0.1, -0.05) is 0 Å². The summed E-state index contributed by atoms with van der Waals surface area (Å²) in [6.07, 6.45) is 5.13. The van der Waals surface area contributed by atoms with Crippen molar-refractivity contribution in [2.45, 2.75) is 50.2 Å². The van der Waals surface area contributed by atoms with Crippen LogP contribution in [0.2, 0.25) is 0 Å². The van der Waals surface area contributed by atoms with Crippen molar-refractivity contribution in [1.82, 2.24) is 25.5 Å². The summed E-state index contributed by atoms with van der Waals surface area (Å²) in [4.78, 5) is 56.6. The van der Waals surface area contributed by atoms with E-state index in [-0.39, 0.29) is 48.1 Å². The van der Waals surface area contributed by atoms with Gasteiger partial charge in [0.05, 0.1) is 6.33 Å². The maximum atomic E-state index is 13.0. The molecule has 1 aromatic heterocycles. The number of H-pyrrole nitrogens is 1. The maximum Gasteiger partial charge on any atom is 0.246 e. The Hall–Kier alpha value is -2.13. The van der Waals surface area contributed by atoms with Crippen molar-refractivity contribution < 1.29 is 19.2 Å². The van der Waals surface area contributed by atoms with Crippen molar-refractivity contribution in [3.8, 4) is 0 Å². The van der Waals surface area contributed by atoms with E-state index >= 15 is 0 Å². The SMILES string of the molecule is NC(=O)C1CCCN1C(=O)C(Cc1cnc[nH]1)NC(=O)C1CCC(=O)N1.P.S. The van der Waals surface area contributed by atoms with Crippen LogP contribution in [0, 0.1) is 0 Å². The smallest absolute Gasteiger partial charge is 0.246 e. The standard InChI is InChI=1S/C16H22N6O4.H3P.H2S/c17-14(24)12-2-1-5-22(12)16(26)11(6-9-7-18-8-19-9)21-15(25)10-3-4-13(23)20-10;;/h7-8,10-12H,1-6H2,(H2,17,24)(H,18,19)(H,20,23)(H,21,25);1H3;1H2. The number of primary amides is 1. The number of imidazole rings is 1. The van der Waals surface area contributed by atoms with Crippen LogP contribution in [0.1, 0.15) is 31.4 Å². The first kappa shape index (κ1) is 23.9. The molecule has 12 heteroatoms. The molecule has 0 aromatic carbocycles. The molecule has 4 amide bonds. The first-order valence-corrected chi connectivity index (χ1v) is 8.62. The van der Waals surface area contributed by atoms with Crippen LogP contribution < -0.4 is 16.4 Å². The Morgan fingerprint density at radius 2 is 2.11 bits per heavy atom. The molecule has 3 rings (SSSR count). The Bertz CT molecular complexity index is 716. The lowest BCUT2D eigenvalue weighted by Crippen LogP contribution is -2.56. The van der Waals surface area contributed by atoms with E-state index in [0.29, 0.717) is 31.5 Å². The molecule has 0 aliphatic carbocycles. The van der Waals surface area contributed by atoms with Crippen molar-refractivity contribution in [2.24, 2.45) is 5.73 Å². The van der Waals surface area contributed by atoms with Crippen LogP contribution in [0.5, 0.6) is 0 Å². The fraction of sp³-hybridized carbons (Fsp3) is 0.562. The van der Waals surface area contributed by atoms with Crippen molar-refractivity contribution in [3.05, 3.63) is 18.2 Å². The van der Waals surface area contributed by atoms with E-state index in [2.05, 4.69) is 20.6 Å². The van der Waals surface area contributed by atoms with Gasteiger partial charge in [-0.2, -0.15) is 23.4 Å². The van der Waals surface area contributed by atoms with Crippen LogP contribution in [0.4, 0.5) is 0 Å². The highest BCUT2D eigenvalue weighted by molar-refractivity contribution is 7.59. The summed E-state index contributed by atoms with van der Waals surface area (Å²) in [6.45, 7) is 0.419. The third-order valence-electron chi connectivity index (χ3n) is 4.77. The van der Waals surface area contributed by atoms with Gasteiger partial charge in [0.1, 0.15) is 18.1 Å². The summed E-state index contributed by atoms with van der Waals surface area (Å²) in [6, 6.07) is -2.18. The summed E-state index contributed by atoms with van der Waals surface area (Å²) in [5.74, 6) is -1.51. The number of rotatable bonds is 6. The number of nitrogens with two attached hydrogens (primary N) is 1. The normalized spacial score (nSPS) is 21.9. The molecule has 2 aliphatic heterocycles. The molecule has 4 atom stereocenters. The zero-order valence-corrected chi connectivity index (χ0v) is 17.9. The Morgan fingerprint density at radius 3 is 2.68 bits per heavy atom. The molecule has 0 radical (unpaired) electrons. The van der Waals surface area contributed by atoms with Crippen molar-refractivity contribution in [2.75, 3.05) is 6.54 Å². The van der Waals surface area contributed by atoms with Crippen LogP contribution >= 0.6 is 23.4 Å². The maximum absolute atomic E-state index is 13.0. The van der Waals surface area contributed by atoms with Gasteiger partial charge in [-0.15, -0.1) is 0 Å². The predicted octanol–water partition coefficient (Wildman–Crippen LogP) is -1.64. The largest absolute Gasteiger partial charge is 0.368 e. The number of aromatic amines is 1. The van der Waals surface area contributed by atoms with Crippen LogP contribution in [0.15, 0.2) is 12.5 Å². The van der Waals surface area contributed by atoms with Gasteiger partial charge in [0.15, 0.2) is 0 Å². The molecule has 2 saturated heterocycles. The molecule has 4 unspecified atom stereocenters. The average Bonchev–Trinajstić information content (AvgIpc) is 3.34. The van der Waals surface area contributed by atoms with Gasteiger partial charge in [-0.3, -0.25) is 19.2 Å². The van der Waals surface area contributed by atoms with E-state index < -0.39 is 29.9 Å². The topological polar surface area (TPSA) is 150 Å². The molecular formula is C16H27N6O4PS. The van der Waals surface area contributed by atoms with E-state index in [9.17, 15) is 19.2 Å². The third-order valence-corrected chi connectivity index (χ3v) is 4.77. The second-order valence-corrected chi connectivity index (χ2v) is 6.59. The lowest BCUT2D eigenvalue weighted by molar-refractivity contribution is -0.140. The van der Waals surface area contributed by atoms with Crippen molar-refractivity contribution >= 4 is 47.0 Å². The van der Waals surface area contributed by atoms with Crippen LogP contribution in [0.25, 0.3) is 0 Å². The fourth-order valence-electron chi connectivity index (χ4n) is 3.43. The van der Waals surface area contributed by atoms with Crippen LogP contribution in [-0.2, 0) is 25.6 Å². The average molecular weight is 430 g/mol. The molecule has 156 valence electrons. The van der Waals surface area contributed by atoms with Gasteiger partial charge in [0.25, 0.3) is 0 Å². The lowest BCUT2D eigenvalue weighted by atomic mass is 10.1. The van der Waals surface area contributed by atoms with Gasteiger partial charge in [-0.25, -0.2) is 4.98 Å². The van der Waals surface area contributed by atoms with Gasteiger partial charge < -0.3 is 26.3 Å². The van der Waals surface area contributed by atoms with Gasteiger partial charge in [0.2, 0.25) is 23.6 Å². The number of aromatic nitrogens is 2. The first-order valence-electron chi connectivity index (χ1n) is 8.62. The minimum Gasteiger partial charge on any atom is -0.368 e. The molecule has 2 fully saturated rings. The molecule has 0 bridgehead atoms. The predicted molar refractivity (Wildman–Crippen MR) is 111 cm³/mol. The number of likely N-dealkylation sites (tertiary alicyclic amines) is 1. The summed E-state index contributed by atoms with van der Waals surface area (Å²) in [5, 5.41) is 5.29. The Balaban J connectivity index is 0.00000196. The highest BCUT2D eigenvalue weighted by Gasteiger charge is 2.38. The summed E-state index contributed by atoms with van der Waals surface area (Å²) in [5.41, 5.74) is 6.07. The number of amides is 4. The second-order valence-electron chi connectivity index (χ2n) is 6.59. The van der Waals surface area contributed by atoms with E-state index in [1.807, 2.05) is 0 Å². The third kappa shape index (κ3) is 5.45. The summed E-state index contributed by atoms with van der Waals surface area (Å²) < 4.78 is 0. The summed E-state index contributed by atoms with van der Waals surface area (Å²) >= 11 is 0. The number of hydrogen-bond acceptors (Lipinski definition) is 5. The van der Waals surface area contributed by atoms with Gasteiger partial charge in [0, 0.05) is 31.3 Å². The first-order chi connectivity index (χ1) is 12.5. The zero-order chi connectivity index (χ0) is 18.7. The molecule has 28 heavy (non-hydrogen) atoms. The Kier molecular flexibility index (Phi) is 8.90. The number of nitrogens with one attached hydrogen (secondary N) is 3. The molecule has 5 N–H and O–H groups in total. The van der Waals surface area contributed by atoms with Gasteiger partial charge in [-0.05, 0) is 19.3 Å². The molecule has 10 nitrogen and oxygen atoms in total. The van der Waals surface area contributed by atoms with E-state index in [1.54, 1.807) is 6.20 Å². The minimum absolute atomic E-state index is 0. The van der Waals surface area contributed by atoms with Crippen LogP contribution in [0.3, 0.4) is 0 Å². The molecule has 3 heterocycles. The monoisotopic (exact) mass is 430 g/mol. The molecule has 2 aliphatic rings. The van der Waals surface area contributed by atoms with E-state index in [0.717, 1.165) is 0 Å². The second kappa shape index (κ2) is 10.4. The Morgan fingerprint density at radius 1 is 1.36 bits per heavy atom. The van der Waals surface area contributed by atoms with E-state index in [4.69, 9.17) is 5.73 Å². The highest BCUT2D eigenvalue weighted by atomic mass is 32.1. The van der Waals surface area contributed by atoms with Crippen LogP contribution in [-0.4, -0.2) is 63.2 Å². The highest BCUT2D eigenvalue weighted by Crippen LogP contribution is 2.19. The molecular weight excluding hydrogens is 403 g/mol. The minimum atomic E-state index is -0.875. The number of hydrogen-bond donors (Lipinski definition) is 4. The van der Waals surface area contributed by atoms with Crippen molar-refractivity contribution in [3.63, 3.8) is 0 Å². The number of carbonyl (C=O) groups excluding carboxylic acids is 4. The zero-order valence-electron chi connectivity index (χ0n) is 15.4. The van der Waals surface area contributed by atoms with E-state index in [1.165, 1.54) is 11.2 Å². The number of carbonyl (C=O) groups is 4.